The standard InChI is InChI=1S/C32H32F2N2.2ClH/c33-28-15-11-24(12-16-28)21-35-30-19-20-31(36(23-30)22-25-13-17-29(34)18-14-25)32(26-7-3-1-4-8-26)27-9-5-2-6-10-27;;/h1-18,30-32,35H,19-23H2;2*1H/t30-,31-;;/m1../s1. The summed E-state index contributed by atoms with van der Waals surface area (Å²) >= 11 is 0. The van der Waals surface area contributed by atoms with E-state index in [2.05, 4.69) is 70.9 Å². The molecule has 0 unspecified atom stereocenters. The van der Waals surface area contributed by atoms with Gasteiger partial charge < -0.3 is 5.32 Å². The van der Waals surface area contributed by atoms with Gasteiger partial charge in [-0.25, -0.2) is 8.78 Å². The van der Waals surface area contributed by atoms with Gasteiger partial charge in [0.25, 0.3) is 0 Å². The van der Waals surface area contributed by atoms with Crippen LogP contribution in [0.25, 0.3) is 0 Å². The largest absolute Gasteiger partial charge is 0.309 e. The summed E-state index contributed by atoms with van der Waals surface area (Å²) < 4.78 is 26.9. The van der Waals surface area contributed by atoms with Gasteiger partial charge in [-0.15, -0.1) is 24.8 Å². The fourth-order valence-corrected chi connectivity index (χ4v) is 5.44. The quantitative estimate of drug-likeness (QED) is 0.239. The molecule has 1 fully saturated rings. The van der Waals surface area contributed by atoms with E-state index in [9.17, 15) is 8.78 Å². The predicted octanol–water partition coefficient (Wildman–Crippen LogP) is 7.76. The molecule has 4 aromatic rings. The molecule has 0 amide bonds. The third-order valence-corrected chi connectivity index (χ3v) is 7.24. The summed E-state index contributed by atoms with van der Waals surface area (Å²) in [5.41, 5.74) is 4.82. The fourth-order valence-electron chi connectivity index (χ4n) is 5.44. The van der Waals surface area contributed by atoms with E-state index in [1.54, 1.807) is 12.1 Å². The molecule has 1 aliphatic rings. The second kappa shape index (κ2) is 14.4. The highest BCUT2D eigenvalue weighted by atomic mass is 35.5. The number of rotatable bonds is 8. The van der Waals surface area contributed by atoms with Crippen LogP contribution in [-0.2, 0) is 13.1 Å². The van der Waals surface area contributed by atoms with Gasteiger partial charge in [-0.2, -0.15) is 0 Å². The van der Waals surface area contributed by atoms with Gasteiger partial charge in [0.1, 0.15) is 11.6 Å². The second-order valence-corrected chi connectivity index (χ2v) is 9.70. The van der Waals surface area contributed by atoms with Crippen LogP contribution in [0.15, 0.2) is 109 Å². The number of nitrogens with one attached hydrogen (secondary N) is 1. The van der Waals surface area contributed by atoms with Crippen molar-refractivity contribution >= 4 is 24.8 Å². The number of hydrogen-bond acceptors (Lipinski definition) is 2. The van der Waals surface area contributed by atoms with Crippen LogP contribution in [-0.4, -0.2) is 23.5 Å². The highest BCUT2D eigenvalue weighted by molar-refractivity contribution is 5.85. The smallest absolute Gasteiger partial charge is 0.123 e. The maximum Gasteiger partial charge on any atom is 0.123 e. The van der Waals surface area contributed by atoms with Crippen LogP contribution in [0.1, 0.15) is 41.0 Å². The first-order valence-corrected chi connectivity index (χ1v) is 12.7. The molecule has 0 radical (unpaired) electrons. The molecule has 1 N–H and O–H groups in total. The highest BCUT2D eigenvalue weighted by Crippen LogP contribution is 2.36. The molecule has 4 aromatic carbocycles. The topological polar surface area (TPSA) is 15.3 Å². The first-order chi connectivity index (χ1) is 17.7. The van der Waals surface area contributed by atoms with Crippen molar-refractivity contribution in [3.63, 3.8) is 0 Å². The van der Waals surface area contributed by atoms with Gasteiger partial charge in [-0.1, -0.05) is 84.9 Å². The lowest BCUT2D eigenvalue weighted by molar-refractivity contribution is 0.102. The summed E-state index contributed by atoms with van der Waals surface area (Å²) in [5.74, 6) is -0.178. The normalized spacial score (nSPS) is 17.4. The zero-order valence-corrected chi connectivity index (χ0v) is 22.8. The minimum absolute atomic E-state index is 0. The number of piperidine rings is 1. The molecule has 0 aliphatic carbocycles. The Hall–Kier alpha value is -2.76. The molecule has 1 aliphatic heterocycles. The van der Waals surface area contributed by atoms with E-state index in [-0.39, 0.29) is 42.4 Å². The van der Waals surface area contributed by atoms with Gasteiger partial charge in [0, 0.05) is 37.6 Å². The molecule has 0 bridgehead atoms. The molecule has 5 rings (SSSR count). The Morgan fingerprint density at radius 2 is 1.16 bits per heavy atom. The van der Waals surface area contributed by atoms with E-state index in [0.29, 0.717) is 18.6 Å². The van der Waals surface area contributed by atoms with Crippen LogP contribution in [0, 0.1) is 11.6 Å². The van der Waals surface area contributed by atoms with Crippen LogP contribution in [0.3, 0.4) is 0 Å². The summed E-state index contributed by atoms with van der Waals surface area (Å²) in [7, 11) is 0. The molecule has 0 aromatic heterocycles. The maximum atomic E-state index is 13.6. The van der Waals surface area contributed by atoms with Gasteiger partial charge in [0.05, 0.1) is 0 Å². The summed E-state index contributed by atoms with van der Waals surface area (Å²) in [6.45, 7) is 2.36. The van der Waals surface area contributed by atoms with Crippen molar-refractivity contribution < 1.29 is 8.78 Å². The molecular formula is C32H34Cl2F2N2. The molecule has 200 valence electrons. The molecule has 0 spiro atoms. The molecular weight excluding hydrogens is 521 g/mol. The van der Waals surface area contributed by atoms with Crippen molar-refractivity contribution in [2.45, 2.75) is 43.9 Å². The Kier molecular flexibility index (Phi) is 11.3. The van der Waals surface area contributed by atoms with E-state index in [4.69, 9.17) is 0 Å². The summed E-state index contributed by atoms with van der Waals surface area (Å²) in [5, 5.41) is 3.70. The third kappa shape index (κ3) is 7.64. The van der Waals surface area contributed by atoms with Crippen molar-refractivity contribution in [3.05, 3.63) is 143 Å². The number of nitrogens with zero attached hydrogens (tertiary/aromatic N) is 1. The minimum Gasteiger partial charge on any atom is -0.309 e. The Bertz CT molecular complexity index is 1180. The first-order valence-electron chi connectivity index (χ1n) is 12.7. The number of halogens is 4. The zero-order chi connectivity index (χ0) is 24.7. The first kappa shape index (κ1) is 29.8. The SMILES string of the molecule is Cl.Cl.Fc1ccc(CN[C@@H]2CC[C@H](C(c3ccccc3)c3ccccc3)N(Cc3ccc(F)cc3)C2)cc1. The average molecular weight is 556 g/mol. The second-order valence-electron chi connectivity index (χ2n) is 9.70. The lowest BCUT2D eigenvalue weighted by Crippen LogP contribution is -2.52. The van der Waals surface area contributed by atoms with Crippen LogP contribution in [0.2, 0.25) is 0 Å². The minimum atomic E-state index is -0.211. The van der Waals surface area contributed by atoms with Crippen LogP contribution >= 0.6 is 24.8 Å². The van der Waals surface area contributed by atoms with E-state index >= 15 is 0 Å². The van der Waals surface area contributed by atoms with Crippen LogP contribution in [0.4, 0.5) is 8.78 Å². The number of benzene rings is 4. The molecule has 38 heavy (non-hydrogen) atoms. The van der Waals surface area contributed by atoms with Gasteiger partial charge in [-0.3, -0.25) is 4.90 Å². The van der Waals surface area contributed by atoms with Gasteiger partial charge >= 0.3 is 0 Å². The van der Waals surface area contributed by atoms with Crippen molar-refractivity contribution in [2.24, 2.45) is 0 Å². The van der Waals surface area contributed by atoms with Crippen molar-refractivity contribution in [1.82, 2.24) is 10.2 Å². The van der Waals surface area contributed by atoms with E-state index < -0.39 is 0 Å². The van der Waals surface area contributed by atoms with Gasteiger partial charge in [-0.05, 0) is 59.4 Å². The molecule has 0 saturated carbocycles. The predicted molar refractivity (Wildman–Crippen MR) is 156 cm³/mol. The van der Waals surface area contributed by atoms with Crippen molar-refractivity contribution in [2.75, 3.05) is 6.54 Å². The molecule has 2 nitrogen and oxygen atoms in total. The van der Waals surface area contributed by atoms with E-state index in [1.165, 1.54) is 23.3 Å². The number of likely N-dealkylation sites (tertiary alicyclic amines) is 1. The van der Waals surface area contributed by atoms with E-state index in [0.717, 1.165) is 37.1 Å². The Balaban J connectivity index is 0.00000200. The van der Waals surface area contributed by atoms with Crippen molar-refractivity contribution in [1.29, 1.82) is 0 Å². The highest BCUT2D eigenvalue weighted by Gasteiger charge is 2.35. The van der Waals surface area contributed by atoms with Crippen LogP contribution in [0.5, 0.6) is 0 Å². The number of hydrogen-bond donors (Lipinski definition) is 1. The van der Waals surface area contributed by atoms with Gasteiger partial charge in [0.15, 0.2) is 0 Å². The zero-order valence-electron chi connectivity index (χ0n) is 21.2. The lowest BCUT2D eigenvalue weighted by atomic mass is 9.79. The third-order valence-electron chi connectivity index (χ3n) is 7.24. The fraction of sp³-hybridized carbons (Fsp3) is 0.250. The summed E-state index contributed by atoms with van der Waals surface area (Å²) in [6, 6.07) is 35.7. The molecule has 1 heterocycles. The lowest BCUT2D eigenvalue weighted by Gasteiger charge is -2.44. The van der Waals surface area contributed by atoms with Crippen LogP contribution < -0.4 is 5.32 Å². The Labute approximate surface area is 236 Å². The molecule has 2 atom stereocenters. The summed E-state index contributed by atoms with van der Waals surface area (Å²) in [6.07, 6.45) is 2.10. The summed E-state index contributed by atoms with van der Waals surface area (Å²) in [4.78, 5) is 2.56. The Morgan fingerprint density at radius 3 is 1.68 bits per heavy atom. The van der Waals surface area contributed by atoms with Crippen molar-refractivity contribution in [3.8, 4) is 0 Å². The molecule has 6 heteroatoms. The monoisotopic (exact) mass is 554 g/mol. The van der Waals surface area contributed by atoms with E-state index in [1.807, 2.05) is 24.3 Å². The maximum absolute atomic E-state index is 13.6. The Morgan fingerprint density at radius 1 is 0.658 bits per heavy atom. The van der Waals surface area contributed by atoms with Gasteiger partial charge in [0.2, 0.25) is 0 Å². The molecule has 1 saturated heterocycles. The average Bonchev–Trinajstić information content (AvgIpc) is 2.92.